The normalized spacial score (nSPS) is 20.9. The summed E-state index contributed by atoms with van der Waals surface area (Å²) in [5.74, 6) is -0.0297. The van der Waals surface area contributed by atoms with E-state index in [-0.39, 0.29) is 24.5 Å². The van der Waals surface area contributed by atoms with E-state index in [1.54, 1.807) is 6.20 Å². The SMILES string of the molecule is Cc1ccccc1C(=O)N[C@@H]1CN(Cc2ccccn2)C[C@H]1CO. The van der Waals surface area contributed by atoms with Crippen molar-refractivity contribution in [2.75, 3.05) is 19.7 Å². The standard InChI is InChI=1S/C19H23N3O2/c1-14-6-2-3-8-17(14)19(24)21-18-12-22(10-15(18)13-23)11-16-7-4-5-9-20-16/h2-9,15,18,23H,10-13H2,1H3,(H,21,24)/t15-,18+/m0/s1. The second-order valence-corrected chi connectivity index (χ2v) is 6.35. The molecule has 0 saturated carbocycles. The summed E-state index contributed by atoms with van der Waals surface area (Å²) in [6.07, 6.45) is 1.78. The number of aryl methyl sites for hydroxylation is 1. The lowest BCUT2D eigenvalue weighted by Crippen LogP contribution is -2.41. The predicted octanol–water partition coefficient (Wildman–Crippen LogP) is 1.61. The molecule has 1 aromatic carbocycles. The summed E-state index contributed by atoms with van der Waals surface area (Å²) in [7, 11) is 0. The topological polar surface area (TPSA) is 65.5 Å². The fraction of sp³-hybridized carbons (Fsp3) is 0.368. The van der Waals surface area contributed by atoms with Crippen molar-refractivity contribution in [1.82, 2.24) is 15.2 Å². The molecule has 0 unspecified atom stereocenters. The monoisotopic (exact) mass is 325 g/mol. The lowest BCUT2D eigenvalue weighted by Gasteiger charge is -2.18. The Morgan fingerprint density at radius 3 is 2.75 bits per heavy atom. The number of hydrogen-bond donors (Lipinski definition) is 2. The third-order valence-electron chi connectivity index (χ3n) is 4.57. The second kappa shape index (κ2) is 7.55. The van der Waals surface area contributed by atoms with Gasteiger partial charge in [0.05, 0.1) is 5.69 Å². The number of benzene rings is 1. The number of rotatable bonds is 5. The molecular weight excluding hydrogens is 302 g/mol. The number of nitrogens with one attached hydrogen (secondary N) is 1. The van der Waals surface area contributed by atoms with E-state index < -0.39 is 0 Å². The van der Waals surface area contributed by atoms with Crippen LogP contribution in [0.4, 0.5) is 0 Å². The van der Waals surface area contributed by atoms with Crippen molar-refractivity contribution in [1.29, 1.82) is 0 Å². The van der Waals surface area contributed by atoms with Crippen LogP contribution in [0.15, 0.2) is 48.7 Å². The zero-order valence-corrected chi connectivity index (χ0v) is 13.9. The van der Waals surface area contributed by atoms with E-state index in [1.807, 2.05) is 49.4 Å². The molecular formula is C19H23N3O2. The molecule has 0 spiro atoms. The molecule has 1 amide bonds. The lowest BCUT2D eigenvalue weighted by molar-refractivity contribution is 0.0920. The Hall–Kier alpha value is -2.24. The van der Waals surface area contributed by atoms with Crippen LogP contribution in [0.3, 0.4) is 0 Å². The van der Waals surface area contributed by atoms with E-state index in [4.69, 9.17) is 0 Å². The fourth-order valence-electron chi connectivity index (χ4n) is 3.23. The van der Waals surface area contributed by atoms with Crippen molar-refractivity contribution in [3.8, 4) is 0 Å². The molecule has 2 atom stereocenters. The van der Waals surface area contributed by atoms with E-state index in [9.17, 15) is 9.90 Å². The van der Waals surface area contributed by atoms with Gasteiger partial charge in [0.2, 0.25) is 0 Å². The molecule has 126 valence electrons. The first-order valence-electron chi connectivity index (χ1n) is 8.27. The number of aromatic nitrogens is 1. The minimum atomic E-state index is -0.0729. The van der Waals surface area contributed by atoms with Crippen molar-refractivity contribution >= 4 is 5.91 Å². The highest BCUT2D eigenvalue weighted by Crippen LogP contribution is 2.19. The Bertz CT molecular complexity index is 690. The smallest absolute Gasteiger partial charge is 0.251 e. The number of hydrogen-bond acceptors (Lipinski definition) is 4. The number of likely N-dealkylation sites (tertiary alicyclic amines) is 1. The fourth-order valence-corrected chi connectivity index (χ4v) is 3.23. The summed E-state index contributed by atoms with van der Waals surface area (Å²) in [6.45, 7) is 4.21. The van der Waals surface area contributed by atoms with E-state index in [1.165, 1.54) is 0 Å². The van der Waals surface area contributed by atoms with Gasteiger partial charge < -0.3 is 10.4 Å². The third-order valence-corrected chi connectivity index (χ3v) is 4.57. The van der Waals surface area contributed by atoms with Gasteiger partial charge in [-0.25, -0.2) is 0 Å². The maximum absolute atomic E-state index is 12.5. The average Bonchev–Trinajstić information content (AvgIpc) is 2.97. The molecule has 1 fully saturated rings. The van der Waals surface area contributed by atoms with Gasteiger partial charge in [-0.2, -0.15) is 0 Å². The van der Waals surface area contributed by atoms with Gasteiger partial charge in [-0.3, -0.25) is 14.7 Å². The Balaban J connectivity index is 1.65. The van der Waals surface area contributed by atoms with Gasteiger partial charge in [-0.05, 0) is 30.7 Å². The van der Waals surface area contributed by atoms with E-state index in [0.717, 1.165) is 30.9 Å². The largest absolute Gasteiger partial charge is 0.396 e. The number of aliphatic hydroxyl groups is 1. The van der Waals surface area contributed by atoms with Gasteiger partial charge in [-0.15, -0.1) is 0 Å². The molecule has 1 aliphatic rings. The predicted molar refractivity (Wildman–Crippen MR) is 92.5 cm³/mol. The van der Waals surface area contributed by atoms with Crippen molar-refractivity contribution in [2.45, 2.75) is 19.5 Å². The number of pyridine rings is 1. The highest BCUT2D eigenvalue weighted by molar-refractivity contribution is 5.95. The Morgan fingerprint density at radius 2 is 2.04 bits per heavy atom. The molecule has 2 aromatic rings. The van der Waals surface area contributed by atoms with Gasteiger partial charge in [0.1, 0.15) is 0 Å². The molecule has 1 aliphatic heterocycles. The molecule has 1 saturated heterocycles. The Kier molecular flexibility index (Phi) is 5.23. The van der Waals surface area contributed by atoms with Crippen LogP contribution < -0.4 is 5.32 Å². The first-order chi connectivity index (χ1) is 11.7. The van der Waals surface area contributed by atoms with Crippen LogP contribution >= 0.6 is 0 Å². The minimum Gasteiger partial charge on any atom is -0.396 e. The van der Waals surface area contributed by atoms with Crippen LogP contribution in [0.1, 0.15) is 21.6 Å². The van der Waals surface area contributed by atoms with Crippen molar-refractivity contribution in [3.63, 3.8) is 0 Å². The van der Waals surface area contributed by atoms with Crippen molar-refractivity contribution < 1.29 is 9.90 Å². The zero-order valence-electron chi connectivity index (χ0n) is 13.9. The summed E-state index contributed by atoms with van der Waals surface area (Å²) in [4.78, 5) is 19.1. The van der Waals surface area contributed by atoms with Gasteiger partial charge in [0.15, 0.2) is 0 Å². The van der Waals surface area contributed by atoms with Crippen LogP contribution in [-0.4, -0.2) is 46.6 Å². The molecule has 0 radical (unpaired) electrons. The first-order valence-corrected chi connectivity index (χ1v) is 8.27. The van der Waals surface area contributed by atoms with Gasteiger partial charge in [-0.1, -0.05) is 24.3 Å². The minimum absolute atomic E-state index is 0.0432. The molecule has 1 aromatic heterocycles. The average molecular weight is 325 g/mol. The van der Waals surface area contributed by atoms with Crippen LogP contribution in [0.5, 0.6) is 0 Å². The van der Waals surface area contributed by atoms with Crippen LogP contribution in [0.2, 0.25) is 0 Å². The Morgan fingerprint density at radius 1 is 1.25 bits per heavy atom. The molecule has 0 aliphatic carbocycles. The zero-order chi connectivity index (χ0) is 16.9. The number of amides is 1. The van der Waals surface area contributed by atoms with Gasteiger partial charge >= 0.3 is 0 Å². The summed E-state index contributed by atoms with van der Waals surface area (Å²) in [5, 5.41) is 12.8. The molecule has 2 N–H and O–H groups in total. The molecule has 5 nitrogen and oxygen atoms in total. The molecule has 5 heteroatoms. The van der Waals surface area contributed by atoms with Crippen LogP contribution in [-0.2, 0) is 6.54 Å². The quantitative estimate of drug-likeness (QED) is 0.877. The number of carbonyl (C=O) groups excluding carboxylic acids is 1. The number of nitrogens with zero attached hydrogens (tertiary/aromatic N) is 2. The van der Waals surface area contributed by atoms with E-state index in [2.05, 4.69) is 15.2 Å². The summed E-state index contributed by atoms with van der Waals surface area (Å²) >= 11 is 0. The van der Waals surface area contributed by atoms with E-state index >= 15 is 0 Å². The van der Waals surface area contributed by atoms with Crippen LogP contribution in [0, 0.1) is 12.8 Å². The van der Waals surface area contributed by atoms with Gasteiger partial charge in [0, 0.05) is 50.0 Å². The summed E-state index contributed by atoms with van der Waals surface area (Å²) in [6, 6.07) is 13.4. The van der Waals surface area contributed by atoms with Crippen molar-refractivity contribution in [3.05, 3.63) is 65.5 Å². The maximum atomic E-state index is 12.5. The summed E-state index contributed by atoms with van der Waals surface area (Å²) < 4.78 is 0. The highest BCUT2D eigenvalue weighted by atomic mass is 16.3. The van der Waals surface area contributed by atoms with Gasteiger partial charge in [0.25, 0.3) is 5.91 Å². The molecule has 2 heterocycles. The number of aliphatic hydroxyl groups excluding tert-OH is 1. The van der Waals surface area contributed by atoms with E-state index in [0.29, 0.717) is 5.56 Å². The maximum Gasteiger partial charge on any atom is 0.251 e. The molecule has 3 rings (SSSR count). The molecule has 0 bridgehead atoms. The first kappa shape index (κ1) is 16.6. The summed E-state index contributed by atoms with van der Waals surface area (Å²) in [5.41, 5.74) is 2.65. The van der Waals surface area contributed by atoms with Crippen molar-refractivity contribution in [2.24, 2.45) is 5.92 Å². The Labute approximate surface area is 142 Å². The third kappa shape index (κ3) is 3.80. The number of carbonyl (C=O) groups is 1. The molecule has 24 heavy (non-hydrogen) atoms. The van der Waals surface area contributed by atoms with Crippen LogP contribution in [0.25, 0.3) is 0 Å². The highest BCUT2D eigenvalue weighted by Gasteiger charge is 2.33. The second-order valence-electron chi connectivity index (χ2n) is 6.35. The lowest BCUT2D eigenvalue weighted by atomic mass is 10.0.